The molecule has 0 radical (unpaired) electrons. The zero-order chi connectivity index (χ0) is 23.4. The third-order valence-corrected chi connectivity index (χ3v) is 8.67. The van der Waals surface area contributed by atoms with Gasteiger partial charge in [0.15, 0.2) is 0 Å². The summed E-state index contributed by atoms with van der Waals surface area (Å²) in [6, 6.07) is 14.7. The van der Waals surface area contributed by atoms with Gasteiger partial charge in [0, 0.05) is 35.9 Å². The number of hydrogen-bond donors (Lipinski definition) is 0. The Bertz CT molecular complexity index is 1160. The first-order chi connectivity index (χ1) is 15.8. The van der Waals surface area contributed by atoms with Crippen LogP contribution in [-0.2, 0) is 27.9 Å². The van der Waals surface area contributed by atoms with Crippen molar-refractivity contribution >= 4 is 27.3 Å². The highest BCUT2D eigenvalue weighted by Crippen LogP contribution is 2.21. The second-order valence-corrected chi connectivity index (χ2v) is 11.6. The van der Waals surface area contributed by atoms with Crippen LogP contribution in [0.5, 0.6) is 0 Å². The minimum Gasteiger partial charge on any atom is -0.467 e. The van der Waals surface area contributed by atoms with Crippen molar-refractivity contribution in [1.82, 2.24) is 14.1 Å². The summed E-state index contributed by atoms with van der Waals surface area (Å²) in [6.07, 6.45) is 1.61. The summed E-state index contributed by atoms with van der Waals surface area (Å²) >= 11 is 1.68. The van der Waals surface area contributed by atoms with E-state index in [1.54, 1.807) is 34.6 Å². The van der Waals surface area contributed by atoms with Gasteiger partial charge in [-0.25, -0.2) is 8.42 Å². The van der Waals surface area contributed by atoms with E-state index in [-0.39, 0.29) is 12.5 Å². The summed E-state index contributed by atoms with van der Waals surface area (Å²) in [5.41, 5.74) is 1.02. The molecule has 1 saturated heterocycles. The van der Waals surface area contributed by atoms with E-state index in [1.165, 1.54) is 9.18 Å². The van der Waals surface area contributed by atoms with E-state index < -0.39 is 10.0 Å². The molecule has 0 unspecified atom stereocenters. The highest BCUT2D eigenvalue weighted by atomic mass is 32.2. The molecule has 0 saturated carbocycles. The molecule has 1 aliphatic heterocycles. The summed E-state index contributed by atoms with van der Waals surface area (Å²) in [5.74, 6) is 0.748. The molecule has 3 aromatic rings. The Morgan fingerprint density at radius 1 is 1.00 bits per heavy atom. The van der Waals surface area contributed by atoms with Gasteiger partial charge in [0.2, 0.25) is 15.9 Å². The Morgan fingerprint density at radius 2 is 1.73 bits per heavy atom. The average Bonchev–Trinajstić information content (AvgIpc) is 3.45. The van der Waals surface area contributed by atoms with Crippen molar-refractivity contribution in [3.05, 3.63) is 75.9 Å². The number of benzene rings is 1. The summed E-state index contributed by atoms with van der Waals surface area (Å²) < 4.78 is 32.9. The summed E-state index contributed by atoms with van der Waals surface area (Å²) in [6.45, 7) is 6.94. The number of nitrogens with zero attached hydrogens (tertiary/aromatic N) is 3. The SMILES string of the molecule is Cc1ccc(S(=O)(=O)N2CCN(CC(=O)N(Cc3ccco3)Cc3ccc(C)s3)CC2)cc1. The smallest absolute Gasteiger partial charge is 0.243 e. The number of carbonyl (C=O) groups is 1. The quantitative estimate of drug-likeness (QED) is 0.486. The van der Waals surface area contributed by atoms with Gasteiger partial charge in [-0.15, -0.1) is 11.3 Å². The largest absolute Gasteiger partial charge is 0.467 e. The van der Waals surface area contributed by atoms with Gasteiger partial charge in [-0.2, -0.15) is 4.31 Å². The number of sulfonamides is 1. The molecule has 33 heavy (non-hydrogen) atoms. The van der Waals surface area contributed by atoms with Gasteiger partial charge in [-0.3, -0.25) is 9.69 Å². The molecule has 4 rings (SSSR count). The molecule has 7 nitrogen and oxygen atoms in total. The number of amides is 1. The van der Waals surface area contributed by atoms with Crippen molar-refractivity contribution in [1.29, 1.82) is 0 Å². The minimum atomic E-state index is -3.52. The van der Waals surface area contributed by atoms with Crippen LogP contribution in [0.25, 0.3) is 0 Å². The second-order valence-electron chi connectivity index (χ2n) is 8.33. The molecule has 0 spiro atoms. The molecule has 1 aliphatic rings. The van der Waals surface area contributed by atoms with Crippen LogP contribution < -0.4 is 0 Å². The van der Waals surface area contributed by atoms with Crippen LogP contribution in [0.15, 0.2) is 64.1 Å². The Kier molecular flexibility index (Phi) is 7.33. The van der Waals surface area contributed by atoms with Gasteiger partial charge in [0.25, 0.3) is 0 Å². The maximum Gasteiger partial charge on any atom is 0.243 e. The van der Waals surface area contributed by atoms with Crippen LogP contribution in [0.3, 0.4) is 0 Å². The fraction of sp³-hybridized carbons (Fsp3) is 0.375. The number of aryl methyl sites for hydroxylation is 2. The topological polar surface area (TPSA) is 74.1 Å². The third-order valence-electron chi connectivity index (χ3n) is 5.77. The Balaban J connectivity index is 1.37. The molecule has 0 aliphatic carbocycles. The van der Waals surface area contributed by atoms with Gasteiger partial charge >= 0.3 is 0 Å². The van der Waals surface area contributed by atoms with E-state index in [9.17, 15) is 13.2 Å². The highest BCUT2D eigenvalue weighted by Gasteiger charge is 2.30. The van der Waals surface area contributed by atoms with Crippen LogP contribution in [0.2, 0.25) is 0 Å². The van der Waals surface area contributed by atoms with Crippen molar-refractivity contribution in [3.63, 3.8) is 0 Å². The predicted molar refractivity (Wildman–Crippen MR) is 128 cm³/mol. The lowest BCUT2D eigenvalue weighted by Gasteiger charge is -2.34. The Morgan fingerprint density at radius 3 is 2.33 bits per heavy atom. The molecule has 3 heterocycles. The number of furan rings is 1. The molecule has 0 N–H and O–H groups in total. The fourth-order valence-electron chi connectivity index (χ4n) is 3.86. The molecular formula is C24H29N3O4S2. The zero-order valence-corrected chi connectivity index (χ0v) is 20.6. The predicted octanol–water partition coefficient (Wildman–Crippen LogP) is 3.49. The van der Waals surface area contributed by atoms with Crippen LogP contribution in [0.4, 0.5) is 0 Å². The van der Waals surface area contributed by atoms with Crippen LogP contribution in [0.1, 0.15) is 21.1 Å². The standard InChI is InChI=1S/C24H29N3O4S2/c1-19-5-9-23(10-6-19)33(29,30)27-13-11-25(12-14-27)18-24(28)26(16-21-4-3-15-31-21)17-22-8-7-20(2)32-22/h3-10,15H,11-14,16-18H2,1-2H3. The maximum atomic E-state index is 13.2. The lowest BCUT2D eigenvalue weighted by Crippen LogP contribution is -2.51. The summed E-state index contributed by atoms with van der Waals surface area (Å²) in [4.78, 5) is 19.7. The molecule has 1 amide bonds. The van der Waals surface area contributed by atoms with Crippen molar-refractivity contribution < 1.29 is 17.6 Å². The number of piperazine rings is 1. The van der Waals surface area contributed by atoms with Crippen LogP contribution >= 0.6 is 11.3 Å². The fourth-order valence-corrected chi connectivity index (χ4v) is 6.19. The molecule has 0 atom stereocenters. The van der Waals surface area contributed by atoms with Gasteiger partial charge in [0.1, 0.15) is 5.76 Å². The van der Waals surface area contributed by atoms with E-state index in [4.69, 9.17) is 4.42 Å². The van der Waals surface area contributed by atoms with Gasteiger partial charge < -0.3 is 9.32 Å². The lowest BCUT2D eigenvalue weighted by atomic mass is 10.2. The first-order valence-electron chi connectivity index (χ1n) is 11.0. The van der Waals surface area contributed by atoms with Crippen molar-refractivity contribution in [2.75, 3.05) is 32.7 Å². The lowest BCUT2D eigenvalue weighted by molar-refractivity contribution is -0.134. The highest BCUT2D eigenvalue weighted by molar-refractivity contribution is 7.89. The normalized spacial score (nSPS) is 15.6. The van der Waals surface area contributed by atoms with Gasteiger partial charge in [-0.05, 0) is 50.2 Å². The Labute approximate surface area is 199 Å². The zero-order valence-electron chi connectivity index (χ0n) is 18.9. The van der Waals surface area contributed by atoms with Crippen molar-refractivity contribution in [2.45, 2.75) is 31.8 Å². The number of carbonyl (C=O) groups excluding carboxylic acids is 1. The third kappa shape index (κ3) is 5.92. The molecule has 1 aromatic carbocycles. The van der Waals surface area contributed by atoms with Crippen LogP contribution in [-0.4, -0.2) is 61.2 Å². The number of rotatable bonds is 8. The van der Waals surface area contributed by atoms with Gasteiger partial charge in [-0.1, -0.05) is 17.7 Å². The minimum absolute atomic E-state index is 0.00675. The van der Waals surface area contributed by atoms with Crippen molar-refractivity contribution in [2.24, 2.45) is 0 Å². The molecular weight excluding hydrogens is 458 g/mol. The molecule has 176 valence electrons. The van der Waals surface area contributed by atoms with E-state index >= 15 is 0 Å². The first kappa shape index (κ1) is 23.7. The molecule has 9 heteroatoms. The number of hydrogen-bond acceptors (Lipinski definition) is 6. The van der Waals surface area contributed by atoms with Crippen LogP contribution in [0, 0.1) is 13.8 Å². The molecule has 0 bridgehead atoms. The second kappa shape index (κ2) is 10.2. The first-order valence-corrected chi connectivity index (χ1v) is 13.2. The van der Waals surface area contributed by atoms with E-state index in [1.807, 2.05) is 36.1 Å². The van der Waals surface area contributed by atoms with E-state index in [0.717, 1.165) is 16.2 Å². The van der Waals surface area contributed by atoms with Gasteiger partial charge in [0.05, 0.1) is 30.8 Å². The average molecular weight is 488 g/mol. The summed E-state index contributed by atoms with van der Waals surface area (Å²) in [7, 11) is -3.52. The van der Waals surface area contributed by atoms with Crippen molar-refractivity contribution in [3.8, 4) is 0 Å². The summed E-state index contributed by atoms with van der Waals surface area (Å²) in [5, 5.41) is 0. The molecule has 1 fully saturated rings. The monoisotopic (exact) mass is 487 g/mol. The number of thiophene rings is 1. The van der Waals surface area contributed by atoms with E-state index in [2.05, 4.69) is 19.1 Å². The molecule has 2 aromatic heterocycles. The Hall–Kier alpha value is -2.46. The van der Waals surface area contributed by atoms with E-state index in [0.29, 0.717) is 44.2 Å². The maximum absolute atomic E-state index is 13.2.